The van der Waals surface area contributed by atoms with Crippen molar-refractivity contribution in [3.8, 4) is 0 Å². The standard InChI is InChI=1S/C17H25N3/c1-14(2)12-18-9-5-10-19-13-15-8-11-20-17-7-4-3-6-16(15)17/h3-4,6-8,11,14,18-19H,5,9-10,12-13H2,1-2H3. The van der Waals surface area contributed by atoms with Gasteiger partial charge in [-0.25, -0.2) is 0 Å². The third-order valence-electron chi connectivity index (χ3n) is 3.31. The third kappa shape index (κ3) is 4.58. The predicted molar refractivity (Wildman–Crippen MR) is 85.8 cm³/mol. The smallest absolute Gasteiger partial charge is 0.0705 e. The van der Waals surface area contributed by atoms with E-state index in [0.717, 1.165) is 44.0 Å². The van der Waals surface area contributed by atoms with E-state index in [1.54, 1.807) is 0 Å². The number of nitrogens with zero attached hydrogens (tertiary/aromatic N) is 1. The number of pyridine rings is 1. The molecule has 0 aliphatic heterocycles. The molecular formula is C17H25N3. The highest BCUT2D eigenvalue weighted by Gasteiger charge is 2.00. The molecule has 108 valence electrons. The number of benzene rings is 1. The maximum absolute atomic E-state index is 4.39. The average Bonchev–Trinajstić information content (AvgIpc) is 2.46. The molecule has 3 heteroatoms. The first-order valence-corrected chi connectivity index (χ1v) is 7.51. The van der Waals surface area contributed by atoms with E-state index in [0.29, 0.717) is 0 Å². The summed E-state index contributed by atoms with van der Waals surface area (Å²) >= 11 is 0. The zero-order valence-corrected chi connectivity index (χ0v) is 12.5. The van der Waals surface area contributed by atoms with Crippen LogP contribution in [-0.2, 0) is 6.54 Å². The van der Waals surface area contributed by atoms with Crippen molar-refractivity contribution in [3.05, 3.63) is 42.1 Å². The molecule has 2 aromatic rings. The van der Waals surface area contributed by atoms with Gasteiger partial charge in [-0.05, 0) is 49.7 Å². The highest BCUT2D eigenvalue weighted by molar-refractivity contribution is 5.81. The summed E-state index contributed by atoms with van der Waals surface area (Å²) in [6.45, 7) is 8.62. The first-order chi connectivity index (χ1) is 9.77. The lowest BCUT2D eigenvalue weighted by molar-refractivity contribution is 0.530. The molecule has 0 radical (unpaired) electrons. The fourth-order valence-corrected chi connectivity index (χ4v) is 2.26. The fraction of sp³-hybridized carbons (Fsp3) is 0.471. The zero-order chi connectivity index (χ0) is 14.2. The van der Waals surface area contributed by atoms with Gasteiger partial charge in [-0.15, -0.1) is 0 Å². The van der Waals surface area contributed by atoms with Gasteiger partial charge < -0.3 is 10.6 Å². The highest BCUT2D eigenvalue weighted by Crippen LogP contribution is 2.15. The van der Waals surface area contributed by atoms with Crippen LogP contribution >= 0.6 is 0 Å². The van der Waals surface area contributed by atoms with Gasteiger partial charge in [-0.2, -0.15) is 0 Å². The maximum atomic E-state index is 4.39. The quantitative estimate of drug-likeness (QED) is 0.725. The van der Waals surface area contributed by atoms with Crippen LogP contribution in [0.1, 0.15) is 25.8 Å². The molecule has 0 saturated carbocycles. The van der Waals surface area contributed by atoms with Crippen molar-refractivity contribution in [2.45, 2.75) is 26.8 Å². The Morgan fingerprint density at radius 1 is 1.05 bits per heavy atom. The first kappa shape index (κ1) is 14.9. The van der Waals surface area contributed by atoms with E-state index in [9.17, 15) is 0 Å². The fourth-order valence-electron chi connectivity index (χ4n) is 2.26. The molecule has 2 rings (SSSR count). The van der Waals surface area contributed by atoms with Gasteiger partial charge in [0.2, 0.25) is 0 Å². The molecule has 0 bridgehead atoms. The Kier molecular flexibility index (Phi) is 5.96. The van der Waals surface area contributed by atoms with Gasteiger partial charge in [-0.3, -0.25) is 4.98 Å². The van der Waals surface area contributed by atoms with E-state index in [2.05, 4.69) is 53.7 Å². The minimum absolute atomic E-state index is 0.728. The third-order valence-corrected chi connectivity index (χ3v) is 3.31. The summed E-state index contributed by atoms with van der Waals surface area (Å²) in [5.74, 6) is 0.728. The van der Waals surface area contributed by atoms with Crippen LogP contribution in [0, 0.1) is 5.92 Å². The van der Waals surface area contributed by atoms with Crippen molar-refractivity contribution < 1.29 is 0 Å². The topological polar surface area (TPSA) is 37.0 Å². The predicted octanol–water partition coefficient (Wildman–Crippen LogP) is 2.96. The van der Waals surface area contributed by atoms with Gasteiger partial charge in [-0.1, -0.05) is 32.0 Å². The Labute approximate surface area is 121 Å². The largest absolute Gasteiger partial charge is 0.316 e. The van der Waals surface area contributed by atoms with Crippen molar-refractivity contribution in [1.29, 1.82) is 0 Å². The van der Waals surface area contributed by atoms with Crippen molar-refractivity contribution in [3.63, 3.8) is 0 Å². The molecule has 0 aliphatic rings. The summed E-state index contributed by atoms with van der Waals surface area (Å²) in [5.41, 5.74) is 2.40. The molecule has 1 aromatic carbocycles. The molecule has 3 nitrogen and oxygen atoms in total. The minimum atomic E-state index is 0.728. The van der Waals surface area contributed by atoms with Gasteiger partial charge in [0.15, 0.2) is 0 Å². The van der Waals surface area contributed by atoms with Crippen molar-refractivity contribution in [1.82, 2.24) is 15.6 Å². The van der Waals surface area contributed by atoms with E-state index in [-0.39, 0.29) is 0 Å². The number of hydrogen-bond donors (Lipinski definition) is 2. The monoisotopic (exact) mass is 271 g/mol. The number of fused-ring (bicyclic) bond motifs is 1. The Morgan fingerprint density at radius 2 is 1.85 bits per heavy atom. The Hall–Kier alpha value is -1.45. The van der Waals surface area contributed by atoms with Crippen LogP contribution in [0.15, 0.2) is 36.5 Å². The number of rotatable bonds is 8. The van der Waals surface area contributed by atoms with E-state index in [1.807, 2.05) is 12.3 Å². The number of hydrogen-bond acceptors (Lipinski definition) is 3. The van der Waals surface area contributed by atoms with Crippen molar-refractivity contribution in [2.24, 2.45) is 5.92 Å². The molecule has 20 heavy (non-hydrogen) atoms. The summed E-state index contributed by atoms with van der Waals surface area (Å²) in [4.78, 5) is 4.39. The molecule has 0 spiro atoms. The van der Waals surface area contributed by atoms with Crippen LogP contribution in [0.25, 0.3) is 10.9 Å². The van der Waals surface area contributed by atoms with Gasteiger partial charge in [0, 0.05) is 18.1 Å². The Balaban J connectivity index is 1.73. The lowest BCUT2D eigenvalue weighted by Gasteiger charge is -2.09. The molecule has 2 N–H and O–H groups in total. The molecule has 1 aromatic heterocycles. The Bertz CT molecular complexity index is 517. The SMILES string of the molecule is CC(C)CNCCCNCc1ccnc2ccccc12. The second kappa shape index (κ2) is 7.98. The van der Waals surface area contributed by atoms with Gasteiger partial charge in [0.1, 0.15) is 0 Å². The number of nitrogens with one attached hydrogen (secondary N) is 2. The van der Waals surface area contributed by atoms with Crippen LogP contribution in [-0.4, -0.2) is 24.6 Å². The van der Waals surface area contributed by atoms with Crippen molar-refractivity contribution >= 4 is 10.9 Å². The lowest BCUT2D eigenvalue weighted by Crippen LogP contribution is -2.24. The van der Waals surface area contributed by atoms with Gasteiger partial charge in [0.05, 0.1) is 5.52 Å². The summed E-state index contributed by atoms with van der Waals surface area (Å²) in [5, 5.41) is 8.23. The molecule has 0 amide bonds. The lowest BCUT2D eigenvalue weighted by atomic mass is 10.1. The molecule has 0 aliphatic carbocycles. The van der Waals surface area contributed by atoms with Gasteiger partial charge >= 0.3 is 0 Å². The van der Waals surface area contributed by atoms with E-state index in [4.69, 9.17) is 0 Å². The normalized spacial score (nSPS) is 11.3. The minimum Gasteiger partial charge on any atom is -0.316 e. The highest BCUT2D eigenvalue weighted by atomic mass is 14.9. The molecule has 0 fully saturated rings. The van der Waals surface area contributed by atoms with Crippen LogP contribution in [0.2, 0.25) is 0 Å². The molecular weight excluding hydrogens is 246 g/mol. The first-order valence-electron chi connectivity index (χ1n) is 7.51. The molecule has 1 heterocycles. The molecule has 0 saturated heterocycles. The molecule has 0 atom stereocenters. The second-order valence-corrected chi connectivity index (χ2v) is 5.62. The maximum Gasteiger partial charge on any atom is 0.0705 e. The number of para-hydroxylation sites is 1. The van der Waals surface area contributed by atoms with Crippen LogP contribution in [0.4, 0.5) is 0 Å². The van der Waals surface area contributed by atoms with Crippen LogP contribution in [0.5, 0.6) is 0 Å². The summed E-state index contributed by atoms with van der Waals surface area (Å²) < 4.78 is 0. The van der Waals surface area contributed by atoms with Gasteiger partial charge in [0.25, 0.3) is 0 Å². The summed E-state index contributed by atoms with van der Waals surface area (Å²) in [6, 6.07) is 10.4. The molecule has 0 unspecified atom stereocenters. The average molecular weight is 271 g/mol. The van der Waals surface area contributed by atoms with E-state index in [1.165, 1.54) is 10.9 Å². The van der Waals surface area contributed by atoms with Crippen LogP contribution in [0.3, 0.4) is 0 Å². The van der Waals surface area contributed by atoms with Crippen LogP contribution < -0.4 is 10.6 Å². The van der Waals surface area contributed by atoms with E-state index < -0.39 is 0 Å². The summed E-state index contributed by atoms with van der Waals surface area (Å²) in [6.07, 6.45) is 3.05. The summed E-state index contributed by atoms with van der Waals surface area (Å²) in [7, 11) is 0. The second-order valence-electron chi connectivity index (χ2n) is 5.62. The Morgan fingerprint density at radius 3 is 2.70 bits per heavy atom. The van der Waals surface area contributed by atoms with E-state index >= 15 is 0 Å². The number of aromatic nitrogens is 1. The zero-order valence-electron chi connectivity index (χ0n) is 12.5. The van der Waals surface area contributed by atoms with Crippen molar-refractivity contribution in [2.75, 3.05) is 19.6 Å².